The van der Waals surface area contributed by atoms with Gasteiger partial charge in [-0.2, -0.15) is 0 Å². The third kappa shape index (κ3) is 3.34. The second-order valence-electron chi connectivity index (χ2n) is 4.76. The Balaban J connectivity index is 2.26. The summed E-state index contributed by atoms with van der Waals surface area (Å²) in [5, 5.41) is 0. The van der Waals surface area contributed by atoms with E-state index in [1.54, 1.807) is 0 Å². The average Bonchev–Trinajstić information content (AvgIpc) is 2.33. The molecule has 2 aromatic carbocycles. The van der Waals surface area contributed by atoms with Gasteiger partial charge in [0.1, 0.15) is 11.5 Å². The lowest BCUT2D eigenvalue weighted by atomic mass is 10.1. The molecule has 94 valence electrons. The molecule has 2 rings (SSSR count). The van der Waals surface area contributed by atoms with Crippen molar-refractivity contribution in [1.29, 1.82) is 0 Å². The standard InChI is InChI=1S/C16H19NO/c1-13-9-10-16(14(11-13)12-17(2)3)18-15-7-5-4-6-8-15/h4-11H,12H2,1-3H3. The van der Waals surface area contributed by atoms with Crippen LogP contribution in [-0.2, 0) is 6.54 Å². The van der Waals surface area contributed by atoms with Crippen molar-refractivity contribution in [3.05, 3.63) is 59.7 Å². The van der Waals surface area contributed by atoms with Gasteiger partial charge in [0.15, 0.2) is 0 Å². The molecule has 18 heavy (non-hydrogen) atoms. The van der Waals surface area contributed by atoms with Crippen LogP contribution in [0.25, 0.3) is 0 Å². The van der Waals surface area contributed by atoms with E-state index in [2.05, 4.69) is 38.1 Å². The maximum Gasteiger partial charge on any atom is 0.131 e. The highest BCUT2D eigenvalue weighted by atomic mass is 16.5. The number of aryl methyl sites for hydroxylation is 1. The van der Waals surface area contributed by atoms with Gasteiger partial charge in [0.05, 0.1) is 0 Å². The van der Waals surface area contributed by atoms with Gasteiger partial charge in [0.25, 0.3) is 0 Å². The van der Waals surface area contributed by atoms with Gasteiger partial charge in [-0.3, -0.25) is 0 Å². The molecule has 0 amide bonds. The van der Waals surface area contributed by atoms with Gasteiger partial charge in [0.2, 0.25) is 0 Å². The van der Waals surface area contributed by atoms with Crippen LogP contribution in [0, 0.1) is 6.92 Å². The molecule has 0 bridgehead atoms. The smallest absolute Gasteiger partial charge is 0.131 e. The average molecular weight is 241 g/mol. The van der Waals surface area contributed by atoms with Gasteiger partial charge < -0.3 is 9.64 Å². The van der Waals surface area contributed by atoms with E-state index in [1.165, 1.54) is 11.1 Å². The second-order valence-corrected chi connectivity index (χ2v) is 4.76. The second kappa shape index (κ2) is 5.69. The van der Waals surface area contributed by atoms with E-state index in [9.17, 15) is 0 Å². The predicted octanol–water partition coefficient (Wildman–Crippen LogP) is 3.85. The van der Waals surface area contributed by atoms with Gasteiger partial charge in [-0.05, 0) is 39.2 Å². The Morgan fingerprint density at radius 3 is 2.39 bits per heavy atom. The van der Waals surface area contributed by atoms with E-state index in [-0.39, 0.29) is 0 Å². The van der Waals surface area contributed by atoms with E-state index < -0.39 is 0 Å². The fraction of sp³-hybridized carbons (Fsp3) is 0.250. The van der Waals surface area contributed by atoms with Gasteiger partial charge in [-0.15, -0.1) is 0 Å². The lowest BCUT2D eigenvalue weighted by Crippen LogP contribution is -2.11. The first-order chi connectivity index (χ1) is 8.65. The largest absolute Gasteiger partial charge is 0.457 e. The molecule has 0 aliphatic rings. The van der Waals surface area contributed by atoms with Crippen LogP contribution in [0.3, 0.4) is 0 Å². The van der Waals surface area contributed by atoms with Crippen LogP contribution in [-0.4, -0.2) is 19.0 Å². The summed E-state index contributed by atoms with van der Waals surface area (Å²) in [6.07, 6.45) is 0. The first-order valence-electron chi connectivity index (χ1n) is 6.12. The molecule has 0 unspecified atom stereocenters. The van der Waals surface area contributed by atoms with Crippen LogP contribution in [0.15, 0.2) is 48.5 Å². The van der Waals surface area contributed by atoms with Crippen LogP contribution < -0.4 is 4.74 Å². The van der Waals surface area contributed by atoms with Crippen molar-refractivity contribution in [2.45, 2.75) is 13.5 Å². The Morgan fingerprint density at radius 2 is 1.72 bits per heavy atom. The Labute approximate surface area is 109 Å². The van der Waals surface area contributed by atoms with Crippen molar-refractivity contribution >= 4 is 0 Å². The molecule has 0 radical (unpaired) electrons. The topological polar surface area (TPSA) is 12.5 Å². The molecule has 0 aliphatic carbocycles. The molecule has 0 spiro atoms. The minimum absolute atomic E-state index is 0.876. The number of hydrogen-bond acceptors (Lipinski definition) is 2. The summed E-state index contributed by atoms with van der Waals surface area (Å²) in [7, 11) is 4.13. The molecule has 0 heterocycles. The summed E-state index contributed by atoms with van der Waals surface area (Å²) >= 11 is 0. The van der Waals surface area contributed by atoms with Crippen LogP contribution in [0.4, 0.5) is 0 Å². The Kier molecular flexibility index (Phi) is 4.00. The van der Waals surface area contributed by atoms with Crippen molar-refractivity contribution in [1.82, 2.24) is 4.90 Å². The van der Waals surface area contributed by atoms with E-state index in [0.717, 1.165) is 18.0 Å². The van der Waals surface area contributed by atoms with Crippen LogP contribution in [0.1, 0.15) is 11.1 Å². The number of rotatable bonds is 4. The summed E-state index contributed by atoms with van der Waals surface area (Å²) in [5.74, 6) is 1.81. The molecular formula is C16H19NO. The third-order valence-corrected chi connectivity index (χ3v) is 2.67. The fourth-order valence-corrected chi connectivity index (χ4v) is 1.89. The monoisotopic (exact) mass is 241 g/mol. The zero-order valence-electron chi connectivity index (χ0n) is 11.2. The molecule has 2 heteroatoms. The molecule has 0 saturated carbocycles. The maximum absolute atomic E-state index is 5.94. The molecular weight excluding hydrogens is 222 g/mol. The maximum atomic E-state index is 5.94. The Bertz CT molecular complexity index is 506. The lowest BCUT2D eigenvalue weighted by Gasteiger charge is -2.15. The number of nitrogens with zero attached hydrogens (tertiary/aromatic N) is 1. The van der Waals surface area contributed by atoms with Crippen molar-refractivity contribution in [2.24, 2.45) is 0 Å². The summed E-state index contributed by atoms with van der Waals surface area (Å²) in [5.41, 5.74) is 2.47. The highest BCUT2D eigenvalue weighted by Gasteiger charge is 2.06. The quantitative estimate of drug-likeness (QED) is 0.806. The van der Waals surface area contributed by atoms with E-state index in [4.69, 9.17) is 4.74 Å². The van der Waals surface area contributed by atoms with Crippen molar-refractivity contribution in [2.75, 3.05) is 14.1 Å². The van der Waals surface area contributed by atoms with E-state index in [0.29, 0.717) is 0 Å². The summed E-state index contributed by atoms with van der Waals surface area (Å²) in [6, 6.07) is 16.2. The fourth-order valence-electron chi connectivity index (χ4n) is 1.89. The normalized spacial score (nSPS) is 10.7. The van der Waals surface area contributed by atoms with E-state index in [1.807, 2.05) is 36.4 Å². The van der Waals surface area contributed by atoms with Gasteiger partial charge in [0, 0.05) is 12.1 Å². The molecule has 0 atom stereocenters. The van der Waals surface area contributed by atoms with Crippen LogP contribution >= 0.6 is 0 Å². The zero-order chi connectivity index (χ0) is 13.0. The minimum atomic E-state index is 0.876. The van der Waals surface area contributed by atoms with E-state index >= 15 is 0 Å². The van der Waals surface area contributed by atoms with Gasteiger partial charge in [-0.1, -0.05) is 35.9 Å². The first-order valence-corrected chi connectivity index (χ1v) is 6.12. The molecule has 2 nitrogen and oxygen atoms in total. The number of hydrogen-bond donors (Lipinski definition) is 0. The number of ether oxygens (including phenoxy) is 1. The molecule has 0 aliphatic heterocycles. The zero-order valence-corrected chi connectivity index (χ0v) is 11.2. The Morgan fingerprint density at radius 1 is 1.00 bits per heavy atom. The summed E-state index contributed by atoms with van der Waals surface area (Å²) in [4.78, 5) is 2.15. The summed E-state index contributed by atoms with van der Waals surface area (Å²) in [6.45, 7) is 2.98. The summed E-state index contributed by atoms with van der Waals surface area (Å²) < 4.78 is 5.94. The van der Waals surface area contributed by atoms with Crippen LogP contribution in [0.2, 0.25) is 0 Å². The highest BCUT2D eigenvalue weighted by molar-refractivity contribution is 5.40. The molecule has 0 fully saturated rings. The third-order valence-electron chi connectivity index (χ3n) is 2.67. The highest BCUT2D eigenvalue weighted by Crippen LogP contribution is 2.26. The van der Waals surface area contributed by atoms with Gasteiger partial charge in [-0.25, -0.2) is 0 Å². The Hall–Kier alpha value is -1.80. The first kappa shape index (κ1) is 12.7. The lowest BCUT2D eigenvalue weighted by molar-refractivity contribution is 0.388. The van der Waals surface area contributed by atoms with Gasteiger partial charge >= 0.3 is 0 Å². The predicted molar refractivity (Wildman–Crippen MR) is 75.1 cm³/mol. The SMILES string of the molecule is Cc1ccc(Oc2ccccc2)c(CN(C)C)c1. The number of benzene rings is 2. The molecule has 0 aromatic heterocycles. The van der Waals surface area contributed by atoms with Crippen molar-refractivity contribution < 1.29 is 4.74 Å². The molecule has 2 aromatic rings. The molecule has 0 N–H and O–H groups in total. The number of para-hydroxylation sites is 1. The van der Waals surface area contributed by atoms with Crippen molar-refractivity contribution in [3.8, 4) is 11.5 Å². The van der Waals surface area contributed by atoms with Crippen LogP contribution in [0.5, 0.6) is 11.5 Å². The molecule has 0 saturated heterocycles. The minimum Gasteiger partial charge on any atom is -0.457 e. The van der Waals surface area contributed by atoms with Crippen molar-refractivity contribution in [3.63, 3.8) is 0 Å².